The molecule has 1 atom stereocenters. The van der Waals surface area contributed by atoms with Crippen molar-refractivity contribution >= 4 is 23.4 Å². The van der Waals surface area contributed by atoms with Gasteiger partial charge in [-0.2, -0.15) is 0 Å². The van der Waals surface area contributed by atoms with Crippen LogP contribution in [0.25, 0.3) is 0 Å². The minimum atomic E-state index is 0.205. The maximum absolute atomic E-state index is 6.19. The molecule has 2 aromatic rings. The maximum atomic E-state index is 6.19. The first kappa shape index (κ1) is 15.4. The Labute approximate surface area is 130 Å². The highest BCUT2D eigenvalue weighted by atomic mass is 35.5. The van der Waals surface area contributed by atoms with Crippen molar-refractivity contribution in [2.75, 3.05) is 0 Å². The third kappa shape index (κ3) is 4.27. The van der Waals surface area contributed by atoms with E-state index in [-0.39, 0.29) is 6.04 Å². The molecule has 20 heavy (non-hydrogen) atoms. The van der Waals surface area contributed by atoms with E-state index in [0.717, 1.165) is 17.2 Å². The number of rotatable bonds is 5. The van der Waals surface area contributed by atoms with E-state index in [4.69, 9.17) is 17.3 Å². The molecule has 0 radical (unpaired) electrons. The van der Waals surface area contributed by atoms with E-state index in [1.165, 1.54) is 21.6 Å². The molecule has 2 rings (SSSR count). The predicted molar refractivity (Wildman–Crippen MR) is 89.5 cm³/mol. The van der Waals surface area contributed by atoms with Crippen molar-refractivity contribution in [3.05, 3.63) is 64.2 Å². The van der Waals surface area contributed by atoms with Crippen molar-refractivity contribution in [3.63, 3.8) is 0 Å². The molecule has 3 heteroatoms. The topological polar surface area (TPSA) is 26.0 Å². The number of hydrogen-bond donors (Lipinski definition) is 1. The summed E-state index contributed by atoms with van der Waals surface area (Å²) in [5, 5.41) is 0.839. The van der Waals surface area contributed by atoms with E-state index >= 15 is 0 Å². The summed E-state index contributed by atoms with van der Waals surface area (Å²) in [6, 6.07) is 14.8. The molecule has 106 valence electrons. The number of thioether (sulfide) groups is 1. The number of nitrogens with two attached hydrogens (primary N) is 1. The maximum Gasteiger partial charge on any atom is 0.0446 e. The summed E-state index contributed by atoms with van der Waals surface area (Å²) < 4.78 is 0. The van der Waals surface area contributed by atoms with Crippen LogP contribution in [0.1, 0.15) is 23.6 Å². The van der Waals surface area contributed by atoms with Crippen LogP contribution in [0.3, 0.4) is 0 Å². The lowest BCUT2D eigenvalue weighted by molar-refractivity contribution is 0.737. The Bertz CT molecular complexity index is 581. The van der Waals surface area contributed by atoms with Gasteiger partial charge in [-0.3, -0.25) is 0 Å². The Hall–Kier alpha value is -0.960. The van der Waals surface area contributed by atoms with Gasteiger partial charge in [-0.1, -0.05) is 41.9 Å². The van der Waals surface area contributed by atoms with Gasteiger partial charge in [0.2, 0.25) is 0 Å². The Kier molecular flexibility index (Phi) is 5.53. The lowest BCUT2D eigenvalue weighted by atomic mass is 10.1. The Morgan fingerprint density at radius 2 is 1.95 bits per heavy atom. The van der Waals surface area contributed by atoms with Gasteiger partial charge in [-0.25, -0.2) is 0 Å². The van der Waals surface area contributed by atoms with Crippen LogP contribution in [0, 0.1) is 6.92 Å². The largest absolute Gasteiger partial charge is 0.328 e. The first-order valence-corrected chi connectivity index (χ1v) is 8.14. The zero-order valence-corrected chi connectivity index (χ0v) is 13.5. The van der Waals surface area contributed by atoms with E-state index in [1.54, 1.807) is 0 Å². The molecule has 2 aromatic carbocycles. The van der Waals surface area contributed by atoms with Gasteiger partial charge >= 0.3 is 0 Å². The number of aryl methyl sites for hydroxylation is 1. The predicted octanol–water partition coefficient (Wildman–Crippen LogP) is 4.83. The fraction of sp³-hybridized carbons (Fsp3) is 0.294. The fourth-order valence-electron chi connectivity index (χ4n) is 2.14. The lowest BCUT2D eigenvalue weighted by Crippen LogP contribution is -2.17. The van der Waals surface area contributed by atoms with Crippen molar-refractivity contribution in [2.24, 2.45) is 5.73 Å². The molecule has 2 N–H and O–H groups in total. The summed E-state index contributed by atoms with van der Waals surface area (Å²) >= 11 is 8.01. The van der Waals surface area contributed by atoms with E-state index in [2.05, 4.69) is 31.2 Å². The SMILES string of the molecule is Cc1cc(CC(C)N)ccc1SCc1ccccc1Cl. The van der Waals surface area contributed by atoms with Crippen molar-refractivity contribution in [2.45, 2.75) is 37.0 Å². The number of halogens is 1. The molecule has 1 unspecified atom stereocenters. The molecular weight excluding hydrogens is 286 g/mol. The van der Waals surface area contributed by atoms with Gasteiger partial charge in [0, 0.05) is 21.7 Å². The molecule has 0 amide bonds. The second-order valence-corrected chi connectivity index (χ2v) is 6.59. The molecule has 0 aliphatic carbocycles. The van der Waals surface area contributed by atoms with Crippen LogP contribution in [0.2, 0.25) is 5.02 Å². The van der Waals surface area contributed by atoms with Gasteiger partial charge in [0.05, 0.1) is 0 Å². The average Bonchev–Trinajstić information content (AvgIpc) is 2.39. The monoisotopic (exact) mass is 305 g/mol. The molecule has 0 aliphatic rings. The summed E-state index contributed by atoms with van der Waals surface area (Å²) in [7, 11) is 0. The minimum Gasteiger partial charge on any atom is -0.328 e. The molecule has 0 heterocycles. The summed E-state index contributed by atoms with van der Waals surface area (Å²) in [5.74, 6) is 0.896. The van der Waals surface area contributed by atoms with Gasteiger partial charge in [0.1, 0.15) is 0 Å². The van der Waals surface area contributed by atoms with Crippen molar-refractivity contribution in [1.29, 1.82) is 0 Å². The number of benzene rings is 2. The highest BCUT2D eigenvalue weighted by Crippen LogP contribution is 2.29. The zero-order chi connectivity index (χ0) is 14.5. The highest BCUT2D eigenvalue weighted by molar-refractivity contribution is 7.98. The molecule has 1 nitrogen and oxygen atoms in total. The standard InChI is InChI=1S/C17H20ClNS/c1-12-9-14(10-13(2)19)7-8-17(12)20-11-15-5-3-4-6-16(15)18/h3-9,13H,10-11,19H2,1-2H3. The molecule has 0 aromatic heterocycles. The van der Waals surface area contributed by atoms with E-state index in [1.807, 2.05) is 36.9 Å². The second kappa shape index (κ2) is 7.16. The van der Waals surface area contributed by atoms with Gasteiger partial charge < -0.3 is 5.73 Å². The Morgan fingerprint density at radius 1 is 1.20 bits per heavy atom. The third-order valence-electron chi connectivity index (χ3n) is 3.14. The Balaban J connectivity index is 2.05. The van der Waals surface area contributed by atoms with E-state index in [0.29, 0.717) is 0 Å². The quantitative estimate of drug-likeness (QED) is 0.801. The third-order valence-corrected chi connectivity index (χ3v) is 4.73. The molecule has 0 aliphatic heterocycles. The van der Waals surface area contributed by atoms with Gasteiger partial charge in [0.15, 0.2) is 0 Å². The van der Waals surface area contributed by atoms with Crippen molar-refractivity contribution in [1.82, 2.24) is 0 Å². The summed E-state index contributed by atoms with van der Waals surface area (Å²) in [5.41, 5.74) is 9.63. The highest BCUT2D eigenvalue weighted by Gasteiger charge is 2.05. The van der Waals surface area contributed by atoms with E-state index < -0.39 is 0 Å². The fourth-order valence-corrected chi connectivity index (χ4v) is 3.44. The van der Waals surface area contributed by atoms with Crippen LogP contribution in [0.4, 0.5) is 0 Å². The van der Waals surface area contributed by atoms with Crippen LogP contribution in [-0.4, -0.2) is 6.04 Å². The molecule has 0 saturated carbocycles. The molecular formula is C17H20ClNS. The average molecular weight is 306 g/mol. The van der Waals surface area contributed by atoms with Crippen LogP contribution in [-0.2, 0) is 12.2 Å². The molecule has 0 saturated heterocycles. The second-order valence-electron chi connectivity index (χ2n) is 5.16. The van der Waals surface area contributed by atoms with Crippen LogP contribution >= 0.6 is 23.4 Å². The van der Waals surface area contributed by atoms with Gasteiger partial charge in [0.25, 0.3) is 0 Å². The first-order valence-electron chi connectivity index (χ1n) is 6.77. The summed E-state index contributed by atoms with van der Waals surface area (Å²) in [4.78, 5) is 1.30. The zero-order valence-electron chi connectivity index (χ0n) is 11.9. The van der Waals surface area contributed by atoms with Crippen LogP contribution in [0.5, 0.6) is 0 Å². The number of hydrogen-bond acceptors (Lipinski definition) is 2. The molecule has 0 spiro atoms. The van der Waals surface area contributed by atoms with E-state index in [9.17, 15) is 0 Å². The smallest absolute Gasteiger partial charge is 0.0446 e. The minimum absolute atomic E-state index is 0.205. The molecule has 0 fully saturated rings. The first-order chi connectivity index (χ1) is 9.56. The van der Waals surface area contributed by atoms with Crippen LogP contribution < -0.4 is 5.73 Å². The Morgan fingerprint density at radius 3 is 2.60 bits per heavy atom. The van der Waals surface area contributed by atoms with Crippen molar-refractivity contribution < 1.29 is 0 Å². The molecule has 0 bridgehead atoms. The normalized spacial score (nSPS) is 12.4. The van der Waals surface area contributed by atoms with Gasteiger partial charge in [-0.05, 0) is 49.1 Å². The summed E-state index contributed by atoms with van der Waals surface area (Å²) in [6.45, 7) is 4.19. The summed E-state index contributed by atoms with van der Waals surface area (Å²) in [6.07, 6.45) is 0.927. The van der Waals surface area contributed by atoms with Gasteiger partial charge in [-0.15, -0.1) is 11.8 Å². The van der Waals surface area contributed by atoms with Crippen LogP contribution in [0.15, 0.2) is 47.4 Å². The van der Waals surface area contributed by atoms with Crippen molar-refractivity contribution in [3.8, 4) is 0 Å². The lowest BCUT2D eigenvalue weighted by Gasteiger charge is -2.10.